The average molecular weight is 525 g/mol. The highest BCUT2D eigenvalue weighted by molar-refractivity contribution is 7.08. The molecule has 4 aromatic carbocycles. The molecule has 5 nitrogen and oxygen atoms in total. The molecule has 0 unspecified atom stereocenters. The first-order valence-electron chi connectivity index (χ1n) is 12.2. The fraction of sp³-hybridized carbons (Fsp3) is 0.133. The number of carbonyl (C=O) groups excluding carboxylic acids is 2. The van der Waals surface area contributed by atoms with Crippen LogP contribution in [0.1, 0.15) is 13.8 Å². The molecule has 2 amide bonds. The molecule has 0 bridgehead atoms. The molecule has 7 heteroatoms. The molecule has 0 saturated carbocycles. The second kappa shape index (κ2) is 11.1. The second-order valence-corrected chi connectivity index (χ2v) is 16.1. The minimum Gasteiger partial charge on any atom is -0.410 e. The quantitative estimate of drug-likeness (QED) is 0.333. The van der Waals surface area contributed by atoms with E-state index in [9.17, 15) is 9.59 Å². The third kappa shape index (κ3) is 4.81. The summed E-state index contributed by atoms with van der Waals surface area (Å²) < 4.78 is 11.3. The Morgan fingerprint density at radius 3 is 0.892 bits per heavy atom. The lowest BCUT2D eigenvalue weighted by atomic mass is 10.4. The molecule has 0 aliphatic rings. The Bertz CT molecular complexity index is 1150. The Balaban J connectivity index is 2.16. The van der Waals surface area contributed by atoms with Gasteiger partial charge in [0, 0.05) is 27.9 Å². The number of amides is 2. The zero-order valence-corrected chi connectivity index (χ0v) is 23.7. The van der Waals surface area contributed by atoms with Gasteiger partial charge in [-0.2, -0.15) is 0 Å². The molecule has 37 heavy (non-hydrogen) atoms. The molecule has 0 spiro atoms. The zero-order chi connectivity index (χ0) is 26.5. The van der Waals surface area contributed by atoms with Gasteiger partial charge in [-0.05, 0) is 20.7 Å². The molecule has 0 fully saturated rings. The van der Waals surface area contributed by atoms with Crippen molar-refractivity contribution in [3.8, 4) is 0 Å². The highest BCUT2D eigenvalue weighted by Gasteiger charge is 2.57. The molecule has 0 aromatic heterocycles. The normalized spacial score (nSPS) is 11.6. The summed E-state index contributed by atoms with van der Waals surface area (Å²) in [6, 6.07) is 39.9. The molecule has 0 aliphatic carbocycles. The Morgan fingerprint density at radius 1 is 0.486 bits per heavy atom. The largest absolute Gasteiger partial charge is 0.410 e. The Kier molecular flexibility index (Phi) is 7.87. The number of carbonyl (C=O) groups is 2. The van der Waals surface area contributed by atoms with E-state index in [1.807, 2.05) is 135 Å². The van der Waals surface area contributed by atoms with Gasteiger partial charge in [0.2, 0.25) is 11.8 Å². The Morgan fingerprint density at radius 2 is 0.703 bits per heavy atom. The fourth-order valence-electron chi connectivity index (χ4n) is 4.79. The van der Waals surface area contributed by atoms with Crippen LogP contribution < -0.4 is 20.7 Å². The maximum absolute atomic E-state index is 13.2. The summed E-state index contributed by atoms with van der Waals surface area (Å²) in [6.45, 7) is 3.14. The van der Waals surface area contributed by atoms with E-state index in [0.717, 1.165) is 20.7 Å². The third-order valence-electron chi connectivity index (χ3n) is 6.85. The zero-order valence-electron chi connectivity index (χ0n) is 21.7. The SMILES string of the molecule is CC(=O)N(C)[Si](O[Si](c1ccccc1)(c1ccccc1)N(C)C(C)=O)(c1ccccc1)c1ccccc1. The van der Waals surface area contributed by atoms with Gasteiger partial charge in [-0.1, -0.05) is 121 Å². The van der Waals surface area contributed by atoms with Crippen LogP contribution in [0, 0.1) is 0 Å². The lowest BCUT2D eigenvalue weighted by molar-refractivity contribution is -0.124. The van der Waals surface area contributed by atoms with Gasteiger partial charge in [-0.3, -0.25) is 9.59 Å². The monoisotopic (exact) mass is 524 g/mol. The van der Waals surface area contributed by atoms with E-state index in [-0.39, 0.29) is 11.8 Å². The first-order chi connectivity index (χ1) is 17.8. The van der Waals surface area contributed by atoms with E-state index in [4.69, 9.17) is 4.12 Å². The smallest absolute Gasteiger partial charge is 0.362 e. The van der Waals surface area contributed by atoms with Crippen molar-refractivity contribution in [3.05, 3.63) is 121 Å². The minimum atomic E-state index is -3.47. The number of nitrogens with zero attached hydrogens (tertiary/aromatic N) is 2. The van der Waals surface area contributed by atoms with Crippen molar-refractivity contribution in [1.82, 2.24) is 9.13 Å². The summed E-state index contributed by atoms with van der Waals surface area (Å²) in [6.07, 6.45) is 0. The van der Waals surface area contributed by atoms with Gasteiger partial charge >= 0.3 is 17.0 Å². The number of rotatable bonds is 8. The van der Waals surface area contributed by atoms with Crippen molar-refractivity contribution >= 4 is 49.5 Å². The van der Waals surface area contributed by atoms with Crippen LogP contribution in [0.25, 0.3) is 0 Å². The second-order valence-electron chi connectivity index (χ2n) is 9.01. The van der Waals surface area contributed by atoms with Crippen LogP contribution in [-0.2, 0) is 13.7 Å². The molecule has 0 atom stereocenters. The summed E-state index contributed by atoms with van der Waals surface area (Å²) in [5.74, 6) is -0.206. The van der Waals surface area contributed by atoms with Gasteiger partial charge in [0.05, 0.1) is 0 Å². The van der Waals surface area contributed by atoms with E-state index in [1.165, 1.54) is 0 Å². The molecule has 188 valence electrons. The van der Waals surface area contributed by atoms with Gasteiger partial charge in [-0.25, -0.2) is 0 Å². The van der Waals surface area contributed by atoms with E-state index in [2.05, 4.69) is 0 Å². The maximum atomic E-state index is 13.2. The molecule has 0 heterocycles. The summed E-state index contributed by atoms with van der Waals surface area (Å²) in [7, 11) is -3.31. The van der Waals surface area contributed by atoms with Gasteiger partial charge in [0.1, 0.15) is 0 Å². The van der Waals surface area contributed by atoms with Crippen LogP contribution in [0.3, 0.4) is 0 Å². The van der Waals surface area contributed by atoms with Crippen molar-refractivity contribution in [2.24, 2.45) is 0 Å². The predicted molar refractivity (Wildman–Crippen MR) is 154 cm³/mol. The van der Waals surface area contributed by atoms with E-state index >= 15 is 0 Å². The first-order valence-corrected chi connectivity index (χ1v) is 16.0. The molecule has 4 aromatic rings. The van der Waals surface area contributed by atoms with Crippen LogP contribution in [0.5, 0.6) is 0 Å². The van der Waals surface area contributed by atoms with Crippen molar-refractivity contribution in [2.75, 3.05) is 14.1 Å². The van der Waals surface area contributed by atoms with Crippen molar-refractivity contribution in [2.45, 2.75) is 13.8 Å². The highest BCUT2D eigenvalue weighted by Crippen LogP contribution is 2.22. The minimum absolute atomic E-state index is 0.103. The highest BCUT2D eigenvalue weighted by atomic mass is 28.4. The Labute approximate surface area is 221 Å². The van der Waals surface area contributed by atoms with Gasteiger partial charge < -0.3 is 13.2 Å². The van der Waals surface area contributed by atoms with Crippen molar-refractivity contribution in [1.29, 1.82) is 0 Å². The van der Waals surface area contributed by atoms with E-state index in [0.29, 0.717) is 0 Å². The maximum Gasteiger partial charge on any atom is 0.362 e. The predicted octanol–water partition coefficient (Wildman–Crippen LogP) is 2.47. The van der Waals surface area contributed by atoms with Crippen LogP contribution in [0.4, 0.5) is 0 Å². The summed E-state index contributed by atoms with van der Waals surface area (Å²) >= 11 is 0. The lowest BCUT2D eigenvalue weighted by Gasteiger charge is -2.48. The lowest BCUT2D eigenvalue weighted by Crippen LogP contribution is -2.83. The molecular formula is C30H32N2O3Si2. The van der Waals surface area contributed by atoms with Crippen LogP contribution in [0.15, 0.2) is 121 Å². The van der Waals surface area contributed by atoms with Crippen LogP contribution >= 0.6 is 0 Å². The summed E-state index contributed by atoms with van der Waals surface area (Å²) in [5.41, 5.74) is 0. The summed E-state index contributed by atoms with van der Waals surface area (Å²) in [5, 5.41) is 3.72. The molecule has 0 aliphatic heterocycles. The molecule has 0 N–H and O–H groups in total. The fourth-order valence-corrected chi connectivity index (χ4v) is 15.2. The molecule has 0 radical (unpaired) electrons. The third-order valence-corrected chi connectivity index (χ3v) is 16.2. The average Bonchev–Trinajstić information content (AvgIpc) is 2.95. The Hall–Kier alpha value is -3.79. The number of benzene rings is 4. The van der Waals surface area contributed by atoms with Crippen LogP contribution in [0.2, 0.25) is 0 Å². The van der Waals surface area contributed by atoms with E-state index in [1.54, 1.807) is 23.0 Å². The van der Waals surface area contributed by atoms with Gasteiger partial charge in [-0.15, -0.1) is 0 Å². The number of hydrogen-bond acceptors (Lipinski definition) is 3. The summed E-state index contributed by atoms with van der Waals surface area (Å²) in [4.78, 5) is 26.4. The molecule has 0 saturated heterocycles. The van der Waals surface area contributed by atoms with E-state index < -0.39 is 17.0 Å². The van der Waals surface area contributed by atoms with Crippen molar-refractivity contribution in [3.63, 3.8) is 0 Å². The van der Waals surface area contributed by atoms with Gasteiger partial charge in [0.25, 0.3) is 0 Å². The van der Waals surface area contributed by atoms with Gasteiger partial charge in [0.15, 0.2) is 0 Å². The molecular weight excluding hydrogens is 493 g/mol. The van der Waals surface area contributed by atoms with Crippen LogP contribution in [-0.4, -0.2) is 52.0 Å². The standard InChI is InChI=1S/C30H32N2O3Si2/c1-25(33)31(3)36(27-17-9-5-10-18-27,28-19-11-6-12-20-28)35-37(32(4)26(2)34,29-21-13-7-14-22-29)30-23-15-8-16-24-30/h5-24H,1-4H3. The number of hydrogen-bond donors (Lipinski definition) is 0. The topological polar surface area (TPSA) is 49.9 Å². The molecule has 4 rings (SSSR count). The van der Waals surface area contributed by atoms with Crippen molar-refractivity contribution < 1.29 is 13.7 Å². The first kappa shape index (κ1) is 26.3.